The summed E-state index contributed by atoms with van der Waals surface area (Å²) in [6, 6.07) is -2.36. The second-order valence-corrected chi connectivity index (χ2v) is 8.34. The SMILES string of the molecule is C[NH+](C)CCNC(CC(=O)OCC(F)(F)C(F)(F)C(F)(F)C(F)F)C(=O)OCC(F)(F)C(F)(F)C(F)(F)C(F)F.[I-]. The minimum absolute atomic E-state index is 0. The van der Waals surface area contributed by atoms with Crippen LogP contribution in [0.4, 0.5) is 70.2 Å². The van der Waals surface area contributed by atoms with Gasteiger partial charge in [0, 0.05) is 6.54 Å². The summed E-state index contributed by atoms with van der Waals surface area (Å²) >= 11 is 0. The van der Waals surface area contributed by atoms with Crippen LogP contribution in [0.5, 0.6) is 0 Å². The summed E-state index contributed by atoms with van der Waals surface area (Å²) in [4.78, 5) is 24.3. The zero-order chi connectivity index (χ0) is 32.1. The van der Waals surface area contributed by atoms with E-state index in [0.29, 0.717) is 4.90 Å². The second-order valence-electron chi connectivity index (χ2n) is 8.34. The Morgan fingerprint density at radius 3 is 1.41 bits per heavy atom. The Morgan fingerprint density at radius 1 is 0.707 bits per heavy atom. The van der Waals surface area contributed by atoms with Crippen LogP contribution < -0.4 is 34.2 Å². The summed E-state index contributed by atoms with van der Waals surface area (Å²) in [6.07, 6.45) is -12.3. The quantitative estimate of drug-likeness (QED) is 0.124. The minimum atomic E-state index is -6.79. The Bertz CT molecular complexity index is 860. The van der Waals surface area contributed by atoms with Crippen LogP contribution in [-0.2, 0) is 19.1 Å². The number of hydrogen-bond acceptors (Lipinski definition) is 5. The largest absolute Gasteiger partial charge is 1.00 e. The van der Waals surface area contributed by atoms with Gasteiger partial charge in [0.2, 0.25) is 0 Å². The molecule has 1 unspecified atom stereocenters. The van der Waals surface area contributed by atoms with Crippen molar-refractivity contribution in [3.63, 3.8) is 0 Å². The highest BCUT2D eigenvalue weighted by molar-refractivity contribution is 5.82. The molecule has 0 aromatic heterocycles. The molecule has 0 aliphatic carbocycles. The second kappa shape index (κ2) is 14.8. The lowest BCUT2D eigenvalue weighted by molar-refractivity contribution is -0.856. The number of carbonyl (C=O) groups is 2. The van der Waals surface area contributed by atoms with Gasteiger partial charge in [-0.3, -0.25) is 14.9 Å². The molecule has 0 aliphatic heterocycles. The summed E-state index contributed by atoms with van der Waals surface area (Å²) in [5.41, 5.74) is 0. The van der Waals surface area contributed by atoms with E-state index in [0.717, 1.165) is 0 Å². The van der Waals surface area contributed by atoms with Crippen LogP contribution in [0.15, 0.2) is 0 Å². The van der Waals surface area contributed by atoms with E-state index < -0.39 is 92.5 Å². The van der Waals surface area contributed by atoms with Crippen molar-refractivity contribution in [3.05, 3.63) is 0 Å². The van der Waals surface area contributed by atoms with Gasteiger partial charge in [0.15, 0.2) is 13.2 Å². The predicted octanol–water partition coefficient (Wildman–Crippen LogP) is -0.0884. The molecule has 0 saturated carbocycles. The van der Waals surface area contributed by atoms with Crippen molar-refractivity contribution in [2.75, 3.05) is 40.4 Å². The van der Waals surface area contributed by atoms with Gasteiger partial charge in [-0.15, -0.1) is 0 Å². The monoisotopic (exact) mass is 760 g/mol. The molecule has 0 aliphatic rings. The molecule has 0 amide bonds. The summed E-state index contributed by atoms with van der Waals surface area (Å²) in [5, 5.41) is 2.02. The number of likely N-dealkylation sites (N-methyl/N-ethyl adjacent to an activating group) is 1. The van der Waals surface area contributed by atoms with Gasteiger partial charge in [0.25, 0.3) is 0 Å². The van der Waals surface area contributed by atoms with Gasteiger partial charge in [-0.1, -0.05) is 0 Å². The van der Waals surface area contributed by atoms with E-state index in [1.807, 2.05) is 5.32 Å². The van der Waals surface area contributed by atoms with Crippen LogP contribution in [0.3, 0.4) is 0 Å². The molecular weight excluding hydrogens is 739 g/mol. The first-order chi connectivity index (χ1) is 17.7. The van der Waals surface area contributed by atoms with Crippen molar-refractivity contribution in [3.8, 4) is 0 Å². The number of quaternary nitrogens is 1. The van der Waals surface area contributed by atoms with Crippen molar-refractivity contribution in [1.82, 2.24) is 5.32 Å². The van der Waals surface area contributed by atoms with Crippen molar-refractivity contribution >= 4 is 11.9 Å². The van der Waals surface area contributed by atoms with Gasteiger partial charge in [-0.25, -0.2) is 17.6 Å². The minimum Gasteiger partial charge on any atom is -1.00 e. The van der Waals surface area contributed by atoms with Crippen molar-refractivity contribution in [2.24, 2.45) is 0 Å². The van der Waals surface area contributed by atoms with E-state index in [1.165, 1.54) is 14.1 Å². The van der Waals surface area contributed by atoms with E-state index in [2.05, 4.69) is 9.47 Å². The van der Waals surface area contributed by atoms with Gasteiger partial charge in [-0.2, -0.15) is 52.7 Å². The topological polar surface area (TPSA) is 69.1 Å². The number of halogens is 17. The van der Waals surface area contributed by atoms with Crippen LogP contribution >= 0.6 is 0 Å². The Hall–Kier alpha value is -1.53. The molecule has 41 heavy (non-hydrogen) atoms. The molecule has 0 spiro atoms. The van der Waals surface area contributed by atoms with Crippen LogP contribution in [0.25, 0.3) is 0 Å². The molecule has 0 rings (SSSR count). The molecule has 0 saturated heterocycles. The van der Waals surface area contributed by atoms with Gasteiger partial charge in [-0.05, 0) is 0 Å². The molecule has 2 N–H and O–H groups in total. The number of rotatable bonds is 17. The lowest BCUT2D eigenvalue weighted by atomic mass is 10.1. The predicted molar refractivity (Wildman–Crippen MR) is 97.7 cm³/mol. The molecule has 0 radical (unpaired) electrons. The molecule has 246 valence electrons. The molecule has 1 atom stereocenters. The normalized spacial score (nSPS) is 14.8. The third-order valence-corrected chi connectivity index (χ3v) is 4.79. The summed E-state index contributed by atoms with van der Waals surface area (Å²) < 4.78 is 215. The Kier molecular flexibility index (Phi) is 15.0. The first-order valence-electron chi connectivity index (χ1n) is 10.4. The zero-order valence-corrected chi connectivity index (χ0v) is 22.5. The molecule has 0 heterocycles. The summed E-state index contributed by atoms with van der Waals surface area (Å²) in [6.45, 7) is -6.36. The number of nitrogens with one attached hydrogen (secondary N) is 2. The van der Waals surface area contributed by atoms with Gasteiger partial charge in [0.05, 0.1) is 27.1 Å². The maximum Gasteiger partial charge on any atom is 0.381 e. The lowest BCUT2D eigenvalue weighted by Gasteiger charge is -2.32. The Labute approximate surface area is 237 Å². The fourth-order valence-corrected chi connectivity index (χ4v) is 2.34. The fraction of sp³-hybridized carbons (Fsp3) is 0.889. The first kappa shape index (κ1) is 41.6. The van der Waals surface area contributed by atoms with Crippen LogP contribution in [0.1, 0.15) is 6.42 Å². The van der Waals surface area contributed by atoms with E-state index in [4.69, 9.17) is 0 Å². The number of carbonyl (C=O) groups excluding carboxylic acids is 2. The molecule has 23 heteroatoms. The first-order valence-corrected chi connectivity index (χ1v) is 10.4. The van der Waals surface area contributed by atoms with E-state index in [1.54, 1.807) is 0 Å². The number of alkyl halides is 16. The third-order valence-electron chi connectivity index (χ3n) is 4.79. The molecule has 0 bridgehead atoms. The maximum absolute atomic E-state index is 13.6. The fourth-order valence-electron chi connectivity index (χ4n) is 2.34. The molecule has 6 nitrogen and oxygen atoms in total. The van der Waals surface area contributed by atoms with Crippen LogP contribution in [0, 0.1) is 0 Å². The highest BCUT2D eigenvalue weighted by Gasteiger charge is 2.76. The van der Waals surface area contributed by atoms with Crippen LogP contribution in [-0.4, -0.2) is 107 Å². The molecule has 0 fully saturated rings. The Balaban J connectivity index is 0. The van der Waals surface area contributed by atoms with Gasteiger partial charge in [0.1, 0.15) is 6.04 Å². The average molecular weight is 760 g/mol. The van der Waals surface area contributed by atoms with Crippen molar-refractivity contribution < 1.29 is 118 Å². The average Bonchev–Trinajstić information content (AvgIpc) is 2.79. The van der Waals surface area contributed by atoms with Crippen molar-refractivity contribution in [1.29, 1.82) is 0 Å². The number of esters is 2. The number of hydrogen-bond donors (Lipinski definition) is 2. The molecular formula is C18H21F16IN2O4. The zero-order valence-electron chi connectivity index (χ0n) is 20.3. The lowest BCUT2D eigenvalue weighted by Crippen LogP contribution is -3.06. The highest BCUT2D eigenvalue weighted by Crippen LogP contribution is 2.49. The maximum atomic E-state index is 13.6. The van der Waals surface area contributed by atoms with E-state index in [9.17, 15) is 79.8 Å². The highest BCUT2D eigenvalue weighted by atomic mass is 127. The van der Waals surface area contributed by atoms with E-state index >= 15 is 0 Å². The molecule has 0 aromatic rings. The summed E-state index contributed by atoms with van der Waals surface area (Å²) in [5.74, 6) is -43.5. The third kappa shape index (κ3) is 9.74. The van der Waals surface area contributed by atoms with Crippen LogP contribution in [0.2, 0.25) is 0 Å². The van der Waals surface area contributed by atoms with Crippen molar-refractivity contribution in [2.45, 2.75) is 60.8 Å². The number of ether oxygens (including phenoxy) is 2. The standard InChI is InChI=1S/C18H20F16N2O4.HI/c1-36(2)4-3-35-8(10(38)40-7-14(25,26)18(33,34)16(29,30)12(21)22)5-9(37)39-6-13(23,24)17(31,32)15(27,28)11(19)20;/h8,11-12,35H,3-7H2,1-2H3;1H. The summed E-state index contributed by atoms with van der Waals surface area (Å²) in [7, 11) is 2.96. The Morgan fingerprint density at radius 2 is 1.07 bits per heavy atom. The molecule has 0 aromatic carbocycles. The van der Waals surface area contributed by atoms with Gasteiger partial charge >= 0.3 is 60.3 Å². The van der Waals surface area contributed by atoms with E-state index in [-0.39, 0.29) is 30.5 Å². The van der Waals surface area contributed by atoms with Gasteiger partial charge < -0.3 is 38.4 Å². The smallest absolute Gasteiger partial charge is 0.381 e.